The van der Waals surface area contributed by atoms with Gasteiger partial charge in [0.2, 0.25) is 5.91 Å². The second-order valence-electron chi connectivity index (χ2n) is 17.0. The van der Waals surface area contributed by atoms with Gasteiger partial charge in [-0.2, -0.15) is 0 Å². The summed E-state index contributed by atoms with van der Waals surface area (Å²) in [5.41, 5.74) is 9.10. The van der Waals surface area contributed by atoms with Crippen LogP contribution in [0, 0.1) is 41.2 Å². The lowest BCUT2D eigenvalue weighted by atomic mass is 9.86. The van der Waals surface area contributed by atoms with E-state index in [0.717, 1.165) is 104 Å². The molecule has 6 aliphatic rings. The Labute approximate surface area is 318 Å². The van der Waals surface area contributed by atoms with Gasteiger partial charge in [-0.1, -0.05) is 37.1 Å². The van der Waals surface area contributed by atoms with Crippen molar-refractivity contribution < 1.29 is 13.6 Å². The number of carbonyl (C=O) groups is 1. The first-order valence-corrected chi connectivity index (χ1v) is 20.7. The molecule has 2 aromatic heterocycles. The van der Waals surface area contributed by atoms with Crippen LogP contribution in [0.25, 0.3) is 22.5 Å². The predicted octanol–water partition coefficient (Wildman–Crippen LogP) is 8.43. The molecule has 6 atom stereocenters. The van der Waals surface area contributed by atoms with Crippen molar-refractivity contribution in [3.8, 4) is 22.5 Å². The van der Waals surface area contributed by atoms with Gasteiger partial charge in [0.25, 0.3) is 0 Å². The molecule has 54 heavy (non-hydrogen) atoms. The molecule has 0 radical (unpaired) electrons. The van der Waals surface area contributed by atoms with Crippen LogP contribution in [0.15, 0.2) is 73.6 Å². The lowest BCUT2D eigenvalue weighted by molar-refractivity contribution is -0.133. The van der Waals surface area contributed by atoms with E-state index >= 15 is 0 Å². The largest absolute Gasteiger partial charge is 0.343 e. The minimum Gasteiger partial charge on any atom is -0.343 e. The monoisotopic (exact) mass is 737 g/mol. The fourth-order valence-corrected chi connectivity index (χ4v) is 10.5. The summed E-state index contributed by atoms with van der Waals surface area (Å²) in [6.07, 6.45) is 23.7. The lowest BCUT2D eigenvalue weighted by Gasteiger charge is -2.34. The summed E-state index contributed by atoms with van der Waals surface area (Å²) >= 11 is 0. The number of likely N-dealkylation sites (tertiary alicyclic amines) is 1. The third-order valence-corrected chi connectivity index (χ3v) is 13.5. The molecule has 2 aliphatic heterocycles. The van der Waals surface area contributed by atoms with E-state index in [1.807, 2.05) is 37.2 Å². The third kappa shape index (κ3) is 8.81. The molecule has 4 bridgehead atoms. The van der Waals surface area contributed by atoms with Crippen molar-refractivity contribution in [2.45, 2.75) is 102 Å². The number of fused-ring (bicyclic) bond motifs is 4. The third-order valence-electron chi connectivity index (χ3n) is 13.5. The maximum Gasteiger partial charge on any atom is 0.222 e. The zero-order chi connectivity index (χ0) is 37.0. The number of rotatable bonds is 6. The zero-order valence-electron chi connectivity index (χ0n) is 31.5. The van der Waals surface area contributed by atoms with Crippen LogP contribution in [-0.2, 0) is 4.79 Å². The number of carbonyl (C=O) groups excluding carboxylic acids is 1. The SMILES string of the molecule is Fc1cccc(-c2cn(C3CCNCC3)cn2)c1.NC1CC2CCC1C2.O=C(CC1CC2CCC1C2)N1CCC(n2cnc(-c3cccc(F)c3)c2)CC1. The number of nitrogens with one attached hydrogen (secondary N) is 1. The molecule has 10 rings (SSSR count). The van der Waals surface area contributed by atoms with E-state index in [2.05, 4.69) is 29.3 Å². The van der Waals surface area contributed by atoms with Gasteiger partial charge in [0.15, 0.2) is 0 Å². The van der Waals surface area contributed by atoms with Gasteiger partial charge in [-0.3, -0.25) is 4.79 Å². The van der Waals surface area contributed by atoms with Crippen LogP contribution >= 0.6 is 0 Å². The van der Waals surface area contributed by atoms with E-state index in [1.54, 1.807) is 12.1 Å². The first kappa shape index (κ1) is 37.1. The summed E-state index contributed by atoms with van der Waals surface area (Å²) in [6.45, 7) is 3.77. The Hall–Kier alpha value is -3.89. The molecule has 4 saturated carbocycles. The summed E-state index contributed by atoms with van der Waals surface area (Å²) < 4.78 is 30.9. The Kier molecular flexibility index (Phi) is 11.6. The Balaban J connectivity index is 0.000000134. The Bertz CT molecular complexity index is 1840. The average molecular weight is 738 g/mol. The second-order valence-corrected chi connectivity index (χ2v) is 17.0. The van der Waals surface area contributed by atoms with Gasteiger partial charge in [0.05, 0.1) is 24.0 Å². The number of piperidine rings is 2. The van der Waals surface area contributed by atoms with Crippen molar-refractivity contribution in [1.82, 2.24) is 29.3 Å². The highest BCUT2D eigenvalue weighted by molar-refractivity contribution is 5.76. The zero-order valence-corrected chi connectivity index (χ0v) is 31.5. The topological polar surface area (TPSA) is 94.0 Å². The highest BCUT2D eigenvalue weighted by Gasteiger charge is 2.41. The lowest BCUT2D eigenvalue weighted by Crippen LogP contribution is -2.40. The van der Waals surface area contributed by atoms with Gasteiger partial charge in [-0.15, -0.1) is 0 Å². The van der Waals surface area contributed by atoms with E-state index in [0.29, 0.717) is 30.0 Å². The van der Waals surface area contributed by atoms with Crippen molar-refractivity contribution in [3.63, 3.8) is 0 Å². The van der Waals surface area contributed by atoms with E-state index in [4.69, 9.17) is 5.73 Å². The van der Waals surface area contributed by atoms with Crippen molar-refractivity contribution in [2.24, 2.45) is 35.3 Å². The van der Waals surface area contributed by atoms with Crippen molar-refractivity contribution in [1.29, 1.82) is 0 Å². The van der Waals surface area contributed by atoms with E-state index in [-0.39, 0.29) is 11.6 Å². The number of imidazole rings is 2. The van der Waals surface area contributed by atoms with E-state index in [1.165, 1.54) is 75.6 Å². The number of amides is 1. The quantitative estimate of drug-likeness (QED) is 0.207. The molecular formula is C44H57F2N7O. The highest BCUT2D eigenvalue weighted by Crippen LogP contribution is 2.49. The standard InChI is InChI=1S/C23H28FN3O.C14H16FN3.C7H13N/c24-20-3-1-2-18(12-20)22-14-27(15-25-22)21-6-8-26(9-7-21)23(28)13-19-11-16-4-5-17(19)10-16;15-12-3-1-2-11(8-12)14-9-18(10-17-14)13-4-6-16-7-5-13;8-7-4-5-1-2-6(7)3-5/h1-3,12,14-17,19,21H,4-11,13H2;1-3,8-10,13,16H,4-7H2;5-7H,1-4,8H2. The Morgan fingerprint density at radius 2 is 1.26 bits per heavy atom. The first-order chi connectivity index (χ1) is 26.3. The van der Waals surface area contributed by atoms with Gasteiger partial charge in [0, 0.05) is 61.2 Å². The number of nitrogens with two attached hydrogens (primary N) is 1. The van der Waals surface area contributed by atoms with Crippen molar-refractivity contribution in [3.05, 3.63) is 85.2 Å². The molecule has 4 heterocycles. The number of benzene rings is 2. The molecule has 2 saturated heterocycles. The number of halogens is 2. The van der Waals surface area contributed by atoms with Gasteiger partial charge in [-0.05, 0) is 131 Å². The normalized spacial score (nSPS) is 27.7. The van der Waals surface area contributed by atoms with Crippen LogP contribution in [0.5, 0.6) is 0 Å². The van der Waals surface area contributed by atoms with Crippen molar-refractivity contribution in [2.75, 3.05) is 26.2 Å². The molecule has 6 unspecified atom stereocenters. The molecule has 0 spiro atoms. The Morgan fingerprint density at radius 3 is 1.72 bits per heavy atom. The molecule has 4 aromatic rings. The Morgan fingerprint density at radius 1 is 0.704 bits per heavy atom. The molecule has 288 valence electrons. The molecule has 3 N–H and O–H groups in total. The molecule has 8 nitrogen and oxygen atoms in total. The molecule has 2 aromatic carbocycles. The first-order valence-electron chi connectivity index (χ1n) is 20.7. The van der Waals surface area contributed by atoms with E-state index in [9.17, 15) is 13.6 Å². The number of hydrogen-bond donors (Lipinski definition) is 2. The molecule has 10 heteroatoms. The van der Waals surface area contributed by atoms with Gasteiger partial charge >= 0.3 is 0 Å². The predicted molar refractivity (Wildman–Crippen MR) is 208 cm³/mol. The molecule has 4 aliphatic carbocycles. The summed E-state index contributed by atoms with van der Waals surface area (Å²) in [5.74, 6) is 4.21. The highest BCUT2D eigenvalue weighted by atomic mass is 19.1. The van der Waals surface area contributed by atoms with Crippen LogP contribution in [0.1, 0.15) is 95.6 Å². The van der Waals surface area contributed by atoms with Crippen LogP contribution in [0.3, 0.4) is 0 Å². The fourth-order valence-electron chi connectivity index (χ4n) is 10.5. The maximum absolute atomic E-state index is 13.5. The van der Waals surface area contributed by atoms with Gasteiger partial charge in [-0.25, -0.2) is 18.7 Å². The summed E-state index contributed by atoms with van der Waals surface area (Å²) in [4.78, 5) is 23.7. The maximum atomic E-state index is 13.5. The van der Waals surface area contributed by atoms with E-state index < -0.39 is 0 Å². The number of aromatic nitrogens is 4. The summed E-state index contributed by atoms with van der Waals surface area (Å²) in [5, 5.41) is 3.35. The number of hydrogen-bond acceptors (Lipinski definition) is 5. The van der Waals surface area contributed by atoms with Crippen LogP contribution < -0.4 is 11.1 Å². The molecular weight excluding hydrogens is 681 g/mol. The minimum atomic E-state index is -0.241. The second kappa shape index (κ2) is 16.9. The smallest absolute Gasteiger partial charge is 0.222 e. The number of nitrogens with zero attached hydrogens (tertiary/aromatic N) is 5. The van der Waals surface area contributed by atoms with Gasteiger partial charge in [0.1, 0.15) is 11.6 Å². The van der Waals surface area contributed by atoms with Crippen LogP contribution in [0.2, 0.25) is 0 Å². The molecule has 6 fully saturated rings. The summed E-state index contributed by atoms with van der Waals surface area (Å²) in [6, 6.07) is 14.6. The van der Waals surface area contributed by atoms with Crippen molar-refractivity contribution >= 4 is 5.91 Å². The molecule has 1 amide bonds. The average Bonchev–Trinajstić information content (AvgIpc) is 4.06. The fraction of sp³-hybridized carbons (Fsp3) is 0.568. The van der Waals surface area contributed by atoms with Gasteiger partial charge < -0.3 is 25.1 Å². The minimum absolute atomic E-state index is 0.219. The van der Waals surface area contributed by atoms with Crippen LogP contribution in [0.4, 0.5) is 8.78 Å². The van der Waals surface area contributed by atoms with Crippen LogP contribution in [-0.4, -0.2) is 62.1 Å². The summed E-state index contributed by atoms with van der Waals surface area (Å²) in [7, 11) is 0.